The van der Waals surface area contributed by atoms with Crippen molar-refractivity contribution < 1.29 is 27.1 Å². The van der Waals surface area contributed by atoms with E-state index >= 15 is 0 Å². The number of likely N-dealkylation sites (tertiary alicyclic amines) is 1. The topological polar surface area (TPSA) is 71.1 Å². The second-order valence-electron chi connectivity index (χ2n) is 6.73. The van der Waals surface area contributed by atoms with Gasteiger partial charge in [0.25, 0.3) is 5.91 Å². The molecule has 2 aromatic heterocycles. The molecular weight excluding hydrogens is 392 g/mol. The number of alkyl halides is 4. The van der Waals surface area contributed by atoms with Crippen molar-refractivity contribution in [3.63, 3.8) is 0 Å². The van der Waals surface area contributed by atoms with E-state index in [0.29, 0.717) is 11.1 Å². The fraction of sp³-hybridized carbons (Fsp3) is 0.316. The molecule has 1 amide bonds. The average molecular weight is 408 g/mol. The molecule has 29 heavy (non-hydrogen) atoms. The highest BCUT2D eigenvalue weighted by atomic mass is 19.4. The molecule has 1 saturated heterocycles. The monoisotopic (exact) mass is 408 g/mol. The zero-order valence-corrected chi connectivity index (χ0v) is 15.0. The Hall–Kier alpha value is -3.01. The van der Waals surface area contributed by atoms with Crippen LogP contribution in [-0.2, 0) is 17.5 Å². The number of H-pyrrole nitrogens is 1. The SMILES string of the molecule is O=C(c1cccnc1)N1CC(F)C(OCc2nc3ccc(C(F)(F)F)cc3[nH]2)C1. The highest BCUT2D eigenvalue weighted by Crippen LogP contribution is 2.31. The van der Waals surface area contributed by atoms with Crippen molar-refractivity contribution in [3.8, 4) is 0 Å². The molecule has 10 heteroatoms. The number of rotatable bonds is 4. The first-order valence-corrected chi connectivity index (χ1v) is 8.82. The zero-order chi connectivity index (χ0) is 20.6. The molecule has 0 saturated carbocycles. The number of carbonyl (C=O) groups is 1. The summed E-state index contributed by atoms with van der Waals surface area (Å²) >= 11 is 0. The molecule has 2 atom stereocenters. The molecule has 3 heterocycles. The van der Waals surface area contributed by atoms with Gasteiger partial charge in [0.1, 0.15) is 24.7 Å². The Balaban J connectivity index is 1.40. The molecule has 1 aliphatic rings. The molecule has 1 N–H and O–H groups in total. The van der Waals surface area contributed by atoms with Gasteiger partial charge in [-0.1, -0.05) is 0 Å². The molecule has 1 aliphatic heterocycles. The average Bonchev–Trinajstić information content (AvgIpc) is 3.28. The van der Waals surface area contributed by atoms with Crippen molar-refractivity contribution in [1.29, 1.82) is 0 Å². The quantitative estimate of drug-likeness (QED) is 0.672. The molecular formula is C19H16F4N4O2. The standard InChI is InChI=1S/C19H16F4N4O2/c20-13-8-27(18(28)11-2-1-5-24-7-11)9-16(13)29-10-17-25-14-4-3-12(19(21,22)23)6-15(14)26-17/h1-7,13,16H,8-10H2,(H,25,26). The number of pyridine rings is 1. The van der Waals surface area contributed by atoms with Gasteiger partial charge in [0.15, 0.2) is 0 Å². The normalized spacial score (nSPS) is 19.8. The summed E-state index contributed by atoms with van der Waals surface area (Å²) in [6, 6.07) is 6.40. The van der Waals surface area contributed by atoms with E-state index < -0.39 is 24.0 Å². The molecule has 3 aromatic rings. The van der Waals surface area contributed by atoms with Gasteiger partial charge in [-0.05, 0) is 30.3 Å². The Morgan fingerprint density at radius 2 is 2.10 bits per heavy atom. The van der Waals surface area contributed by atoms with E-state index in [1.165, 1.54) is 23.4 Å². The van der Waals surface area contributed by atoms with E-state index in [2.05, 4.69) is 15.0 Å². The summed E-state index contributed by atoms with van der Waals surface area (Å²) in [4.78, 5) is 24.5. The number of amides is 1. The number of fused-ring (bicyclic) bond motifs is 1. The smallest absolute Gasteiger partial charge is 0.365 e. The molecule has 4 rings (SSSR count). The van der Waals surface area contributed by atoms with Crippen LogP contribution in [0.5, 0.6) is 0 Å². The van der Waals surface area contributed by atoms with Crippen LogP contribution in [0.2, 0.25) is 0 Å². The van der Waals surface area contributed by atoms with Crippen molar-refractivity contribution in [1.82, 2.24) is 19.9 Å². The third-order valence-electron chi connectivity index (χ3n) is 4.69. The minimum atomic E-state index is -4.45. The van der Waals surface area contributed by atoms with Gasteiger partial charge in [-0.2, -0.15) is 13.2 Å². The first-order valence-electron chi connectivity index (χ1n) is 8.82. The number of imidazole rings is 1. The van der Waals surface area contributed by atoms with Crippen LogP contribution in [0.15, 0.2) is 42.7 Å². The van der Waals surface area contributed by atoms with Gasteiger partial charge in [0.2, 0.25) is 0 Å². The van der Waals surface area contributed by atoms with E-state index in [1.54, 1.807) is 12.1 Å². The molecule has 0 radical (unpaired) electrons. The fourth-order valence-corrected chi connectivity index (χ4v) is 3.22. The number of hydrogen-bond acceptors (Lipinski definition) is 4. The minimum Gasteiger partial charge on any atom is -0.365 e. The van der Waals surface area contributed by atoms with Crippen molar-refractivity contribution in [3.05, 3.63) is 59.7 Å². The third kappa shape index (κ3) is 4.07. The van der Waals surface area contributed by atoms with Gasteiger partial charge < -0.3 is 14.6 Å². The van der Waals surface area contributed by atoms with Gasteiger partial charge in [0, 0.05) is 12.4 Å². The number of aromatic nitrogens is 3. The summed E-state index contributed by atoms with van der Waals surface area (Å²) in [5.74, 6) is -0.0566. The molecule has 152 valence electrons. The Labute approximate surface area is 162 Å². The molecule has 2 unspecified atom stereocenters. The highest BCUT2D eigenvalue weighted by molar-refractivity contribution is 5.94. The van der Waals surface area contributed by atoms with Crippen LogP contribution in [0, 0.1) is 0 Å². The minimum absolute atomic E-state index is 0.0628. The maximum absolute atomic E-state index is 14.3. The van der Waals surface area contributed by atoms with Crippen LogP contribution < -0.4 is 0 Å². The summed E-state index contributed by atoms with van der Waals surface area (Å²) in [7, 11) is 0. The van der Waals surface area contributed by atoms with Gasteiger partial charge in [-0.3, -0.25) is 9.78 Å². The van der Waals surface area contributed by atoms with Crippen molar-refractivity contribution in [2.24, 2.45) is 0 Å². The summed E-state index contributed by atoms with van der Waals surface area (Å²) in [5, 5.41) is 0. The number of nitrogens with one attached hydrogen (secondary N) is 1. The van der Waals surface area contributed by atoms with Gasteiger partial charge in [0.05, 0.1) is 35.2 Å². The third-order valence-corrected chi connectivity index (χ3v) is 4.69. The summed E-state index contributed by atoms with van der Waals surface area (Å²) in [5.41, 5.74) is 0.145. The number of carbonyl (C=O) groups excluding carboxylic acids is 1. The predicted octanol–water partition coefficient (Wildman–Crippen LogP) is 3.36. The molecule has 1 fully saturated rings. The first-order chi connectivity index (χ1) is 13.8. The lowest BCUT2D eigenvalue weighted by Gasteiger charge is -2.15. The van der Waals surface area contributed by atoms with Crippen molar-refractivity contribution >= 4 is 16.9 Å². The first kappa shape index (κ1) is 19.3. The van der Waals surface area contributed by atoms with Crippen LogP contribution in [0.1, 0.15) is 21.7 Å². The number of halogens is 4. The van der Waals surface area contributed by atoms with Crippen molar-refractivity contribution in [2.75, 3.05) is 13.1 Å². The maximum atomic E-state index is 14.3. The van der Waals surface area contributed by atoms with Gasteiger partial charge in [-0.15, -0.1) is 0 Å². The second kappa shape index (κ2) is 7.43. The maximum Gasteiger partial charge on any atom is 0.416 e. The Bertz CT molecular complexity index is 1020. The van der Waals surface area contributed by atoms with Gasteiger partial charge >= 0.3 is 6.18 Å². The molecule has 0 aliphatic carbocycles. The number of ether oxygens (including phenoxy) is 1. The summed E-state index contributed by atoms with van der Waals surface area (Å²) in [6.07, 6.45) is -3.74. The van der Waals surface area contributed by atoms with Gasteiger partial charge in [-0.25, -0.2) is 9.37 Å². The fourth-order valence-electron chi connectivity index (χ4n) is 3.22. The predicted molar refractivity (Wildman–Crippen MR) is 94.7 cm³/mol. The lowest BCUT2D eigenvalue weighted by Crippen LogP contribution is -2.30. The highest BCUT2D eigenvalue weighted by Gasteiger charge is 2.37. The largest absolute Gasteiger partial charge is 0.416 e. The van der Waals surface area contributed by atoms with Crippen LogP contribution in [0.4, 0.5) is 17.6 Å². The van der Waals surface area contributed by atoms with E-state index in [-0.39, 0.29) is 36.9 Å². The summed E-state index contributed by atoms with van der Waals surface area (Å²) < 4.78 is 58.3. The molecule has 6 nitrogen and oxygen atoms in total. The molecule has 0 spiro atoms. The van der Waals surface area contributed by atoms with Crippen LogP contribution in [-0.4, -0.2) is 51.1 Å². The number of aromatic amines is 1. The Morgan fingerprint density at radius 3 is 2.83 bits per heavy atom. The molecule has 1 aromatic carbocycles. The van der Waals surface area contributed by atoms with Crippen molar-refractivity contribution in [2.45, 2.75) is 25.1 Å². The van der Waals surface area contributed by atoms with E-state index in [0.717, 1.165) is 12.1 Å². The van der Waals surface area contributed by atoms with Crippen LogP contribution in [0.25, 0.3) is 11.0 Å². The Morgan fingerprint density at radius 1 is 1.28 bits per heavy atom. The summed E-state index contributed by atoms with van der Waals surface area (Å²) in [6.45, 7) is -0.156. The molecule has 0 bridgehead atoms. The lowest BCUT2D eigenvalue weighted by molar-refractivity contribution is -0.137. The van der Waals surface area contributed by atoms with E-state index in [9.17, 15) is 22.4 Å². The Kier molecular flexibility index (Phi) is 4.95. The van der Waals surface area contributed by atoms with Crippen LogP contribution in [0.3, 0.4) is 0 Å². The second-order valence-corrected chi connectivity index (χ2v) is 6.73. The van der Waals surface area contributed by atoms with E-state index in [4.69, 9.17) is 4.74 Å². The number of nitrogens with zero attached hydrogens (tertiary/aromatic N) is 3. The number of benzene rings is 1. The van der Waals surface area contributed by atoms with E-state index in [1.807, 2.05) is 0 Å². The lowest BCUT2D eigenvalue weighted by atomic mass is 10.2. The van der Waals surface area contributed by atoms with Crippen LogP contribution >= 0.6 is 0 Å². The number of hydrogen-bond donors (Lipinski definition) is 1. The zero-order valence-electron chi connectivity index (χ0n) is 15.0.